The van der Waals surface area contributed by atoms with Crippen LogP contribution in [-0.4, -0.2) is 49.2 Å². The van der Waals surface area contributed by atoms with Gasteiger partial charge >= 0.3 is 6.18 Å². The van der Waals surface area contributed by atoms with E-state index in [-0.39, 0.29) is 30.8 Å². The number of benzene rings is 1. The number of amides is 2. The van der Waals surface area contributed by atoms with E-state index < -0.39 is 18.1 Å². The Hall–Kier alpha value is -2.45. The molecular formula is C20H25F3N2O4. The van der Waals surface area contributed by atoms with Crippen molar-refractivity contribution in [3.05, 3.63) is 18.2 Å². The van der Waals surface area contributed by atoms with Crippen molar-refractivity contribution in [3.8, 4) is 11.5 Å². The summed E-state index contributed by atoms with van der Waals surface area (Å²) in [7, 11) is 3.06. The van der Waals surface area contributed by atoms with E-state index >= 15 is 0 Å². The van der Waals surface area contributed by atoms with Crippen molar-refractivity contribution in [3.63, 3.8) is 0 Å². The molecule has 29 heavy (non-hydrogen) atoms. The van der Waals surface area contributed by atoms with Gasteiger partial charge < -0.3 is 19.7 Å². The smallest absolute Gasteiger partial charge is 0.391 e. The third kappa shape index (κ3) is 4.94. The molecule has 2 fully saturated rings. The lowest BCUT2D eigenvalue weighted by molar-refractivity contribution is -0.185. The lowest BCUT2D eigenvalue weighted by Crippen LogP contribution is -2.38. The van der Waals surface area contributed by atoms with E-state index in [1.165, 1.54) is 12.0 Å². The third-order valence-electron chi connectivity index (χ3n) is 5.66. The number of alkyl halides is 3. The van der Waals surface area contributed by atoms with Crippen molar-refractivity contribution in [2.75, 3.05) is 19.5 Å². The van der Waals surface area contributed by atoms with Gasteiger partial charge in [0.1, 0.15) is 17.5 Å². The Bertz CT molecular complexity index is 761. The molecule has 1 atom stereocenters. The molecule has 2 aliphatic rings. The van der Waals surface area contributed by atoms with E-state index in [0.29, 0.717) is 42.9 Å². The highest BCUT2D eigenvalue weighted by molar-refractivity contribution is 5.99. The fraction of sp³-hybridized carbons (Fsp3) is 0.600. The van der Waals surface area contributed by atoms with E-state index in [2.05, 4.69) is 5.32 Å². The first-order valence-corrected chi connectivity index (χ1v) is 9.67. The van der Waals surface area contributed by atoms with Crippen LogP contribution in [0.4, 0.5) is 18.9 Å². The number of likely N-dealkylation sites (tertiary alicyclic amines) is 1. The molecule has 0 unspecified atom stereocenters. The van der Waals surface area contributed by atoms with Crippen LogP contribution in [0, 0.1) is 5.92 Å². The molecule has 0 spiro atoms. The van der Waals surface area contributed by atoms with Crippen LogP contribution in [0.15, 0.2) is 18.2 Å². The molecule has 1 aliphatic heterocycles. The Labute approximate surface area is 167 Å². The van der Waals surface area contributed by atoms with E-state index in [1.54, 1.807) is 25.2 Å². The second-order valence-electron chi connectivity index (χ2n) is 7.54. The lowest BCUT2D eigenvalue weighted by Gasteiger charge is -2.30. The van der Waals surface area contributed by atoms with Gasteiger partial charge in [0.25, 0.3) is 0 Å². The van der Waals surface area contributed by atoms with E-state index in [0.717, 1.165) is 0 Å². The number of halogens is 3. The van der Waals surface area contributed by atoms with Gasteiger partial charge in [0, 0.05) is 19.5 Å². The molecule has 1 aromatic rings. The average Bonchev–Trinajstić information content (AvgIpc) is 3.00. The molecule has 6 nitrogen and oxygen atoms in total. The van der Waals surface area contributed by atoms with Crippen molar-refractivity contribution in [2.24, 2.45) is 5.92 Å². The number of ether oxygens (including phenoxy) is 2. The first kappa shape index (κ1) is 21.3. The topological polar surface area (TPSA) is 67.9 Å². The predicted octanol–water partition coefficient (Wildman–Crippen LogP) is 3.75. The Morgan fingerprint density at radius 1 is 1.17 bits per heavy atom. The van der Waals surface area contributed by atoms with Crippen LogP contribution in [0.1, 0.15) is 38.5 Å². The molecule has 1 saturated carbocycles. The molecule has 1 aromatic carbocycles. The summed E-state index contributed by atoms with van der Waals surface area (Å²) in [5.41, 5.74) is 0.395. The number of methoxy groups -OCH3 is 1. The van der Waals surface area contributed by atoms with Crippen LogP contribution in [0.2, 0.25) is 0 Å². The number of hydrogen-bond acceptors (Lipinski definition) is 4. The number of carbonyl (C=O) groups excluding carboxylic acids is 2. The maximum atomic E-state index is 12.8. The van der Waals surface area contributed by atoms with Crippen molar-refractivity contribution in [2.45, 2.75) is 56.8 Å². The minimum atomic E-state index is -4.16. The Kier molecular flexibility index (Phi) is 6.24. The fourth-order valence-corrected chi connectivity index (χ4v) is 3.89. The van der Waals surface area contributed by atoms with Crippen LogP contribution in [0.5, 0.6) is 11.5 Å². The molecule has 2 amide bonds. The van der Waals surface area contributed by atoms with Gasteiger partial charge in [0.15, 0.2) is 0 Å². The second-order valence-corrected chi connectivity index (χ2v) is 7.54. The lowest BCUT2D eigenvalue weighted by atomic mass is 9.87. The largest absolute Gasteiger partial charge is 0.495 e. The van der Waals surface area contributed by atoms with Gasteiger partial charge in [-0.05, 0) is 44.2 Å². The minimum absolute atomic E-state index is 0.0515. The van der Waals surface area contributed by atoms with E-state index in [9.17, 15) is 22.8 Å². The molecule has 9 heteroatoms. The molecule has 0 aromatic heterocycles. The number of anilines is 1. The normalized spacial score (nSPS) is 25.1. The molecule has 0 radical (unpaired) electrons. The number of nitrogens with zero attached hydrogens (tertiary/aromatic N) is 1. The Morgan fingerprint density at radius 3 is 2.41 bits per heavy atom. The summed E-state index contributed by atoms with van der Waals surface area (Å²) in [4.78, 5) is 25.6. The summed E-state index contributed by atoms with van der Waals surface area (Å²) < 4.78 is 49.6. The quantitative estimate of drug-likeness (QED) is 0.797. The maximum Gasteiger partial charge on any atom is 0.391 e. The monoisotopic (exact) mass is 414 g/mol. The number of nitrogens with one attached hydrogen (secondary N) is 1. The molecule has 1 N–H and O–H groups in total. The van der Waals surface area contributed by atoms with Gasteiger partial charge in [-0.1, -0.05) is 0 Å². The molecule has 1 saturated heterocycles. The standard InChI is InChI=1S/C20H25F3N2O4/c1-25-16(8-10-18(25)26)19(27)24-15-11-14(7-9-17(15)28-2)29-13-5-3-12(4-6-13)20(21,22)23/h7,9,11-13,16H,3-6,8,10H2,1-2H3,(H,24,27)/t12-,13-,16-/m0/s1. The van der Waals surface area contributed by atoms with Crippen molar-refractivity contribution < 1.29 is 32.2 Å². The predicted molar refractivity (Wildman–Crippen MR) is 99.8 cm³/mol. The highest BCUT2D eigenvalue weighted by Gasteiger charge is 2.41. The highest BCUT2D eigenvalue weighted by atomic mass is 19.4. The van der Waals surface area contributed by atoms with Gasteiger partial charge in [0.05, 0.1) is 24.8 Å². The first-order chi connectivity index (χ1) is 13.7. The molecule has 3 rings (SSSR count). The zero-order chi connectivity index (χ0) is 21.2. The molecule has 1 aliphatic carbocycles. The maximum absolute atomic E-state index is 12.8. The van der Waals surface area contributed by atoms with E-state index in [4.69, 9.17) is 9.47 Å². The summed E-state index contributed by atoms with van der Waals surface area (Å²) in [6.07, 6.45) is -2.93. The van der Waals surface area contributed by atoms with Crippen LogP contribution in [-0.2, 0) is 9.59 Å². The summed E-state index contributed by atoms with van der Waals surface area (Å²) in [5, 5.41) is 2.77. The molecule has 0 bridgehead atoms. The van der Waals surface area contributed by atoms with Crippen molar-refractivity contribution in [1.29, 1.82) is 0 Å². The zero-order valence-corrected chi connectivity index (χ0v) is 16.4. The van der Waals surface area contributed by atoms with Crippen LogP contribution < -0.4 is 14.8 Å². The summed E-state index contributed by atoms with van der Waals surface area (Å²) in [6.45, 7) is 0. The first-order valence-electron chi connectivity index (χ1n) is 9.67. The number of hydrogen-bond donors (Lipinski definition) is 1. The molecule has 1 heterocycles. The Morgan fingerprint density at radius 2 is 1.86 bits per heavy atom. The number of rotatable bonds is 5. The van der Waals surface area contributed by atoms with Gasteiger partial charge in [0.2, 0.25) is 11.8 Å². The highest BCUT2D eigenvalue weighted by Crippen LogP contribution is 2.39. The second kappa shape index (κ2) is 8.51. The van der Waals surface area contributed by atoms with Gasteiger partial charge in [-0.3, -0.25) is 9.59 Å². The zero-order valence-electron chi connectivity index (χ0n) is 16.4. The van der Waals surface area contributed by atoms with Gasteiger partial charge in [-0.2, -0.15) is 13.2 Å². The number of likely N-dealkylation sites (N-methyl/N-ethyl adjacent to an activating group) is 1. The van der Waals surface area contributed by atoms with Crippen LogP contribution >= 0.6 is 0 Å². The van der Waals surface area contributed by atoms with Crippen molar-refractivity contribution in [1.82, 2.24) is 4.90 Å². The Balaban J connectivity index is 1.65. The summed E-state index contributed by atoms with van der Waals surface area (Å²) >= 11 is 0. The van der Waals surface area contributed by atoms with Crippen LogP contribution in [0.25, 0.3) is 0 Å². The fourth-order valence-electron chi connectivity index (χ4n) is 3.89. The summed E-state index contributed by atoms with van der Waals surface area (Å²) in [6, 6.07) is 4.35. The van der Waals surface area contributed by atoms with Crippen molar-refractivity contribution >= 4 is 17.5 Å². The third-order valence-corrected chi connectivity index (χ3v) is 5.66. The van der Waals surface area contributed by atoms with Gasteiger partial charge in [-0.15, -0.1) is 0 Å². The molecule has 160 valence electrons. The minimum Gasteiger partial charge on any atom is -0.495 e. The summed E-state index contributed by atoms with van der Waals surface area (Å²) in [5.74, 6) is -0.784. The molecular weight excluding hydrogens is 389 g/mol. The van der Waals surface area contributed by atoms with Gasteiger partial charge in [-0.25, -0.2) is 0 Å². The SMILES string of the molecule is COc1ccc(O[C@H]2CC[C@H](C(F)(F)F)CC2)cc1NC(=O)[C@@H]1CCC(=O)N1C. The number of carbonyl (C=O) groups is 2. The van der Waals surface area contributed by atoms with E-state index in [1.807, 2.05) is 0 Å². The average molecular weight is 414 g/mol. The van der Waals surface area contributed by atoms with Crippen LogP contribution in [0.3, 0.4) is 0 Å².